The second-order valence-corrected chi connectivity index (χ2v) is 4.44. The molecule has 0 aromatic rings. The van der Waals surface area contributed by atoms with E-state index in [1.54, 1.807) is 0 Å². The van der Waals surface area contributed by atoms with Crippen molar-refractivity contribution in [3.8, 4) is 0 Å². The van der Waals surface area contributed by atoms with E-state index in [1.165, 1.54) is 12.8 Å². The van der Waals surface area contributed by atoms with Crippen LogP contribution in [0.2, 0.25) is 0 Å². The molecule has 0 spiro atoms. The van der Waals surface area contributed by atoms with Gasteiger partial charge >= 0.3 is 5.97 Å². The van der Waals surface area contributed by atoms with Crippen molar-refractivity contribution in [3.05, 3.63) is 0 Å². The van der Waals surface area contributed by atoms with E-state index in [-0.39, 0.29) is 18.6 Å². The Labute approximate surface area is 85.5 Å². The van der Waals surface area contributed by atoms with Crippen molar-refractivity contribution in [1.82, 2.24) is 0 Å². The molecule has 3 atom stereocenters. The Hall–Kier alpha value is -0.570. The average molecular weight is 200 g/mol. The molecule has 3 nitrogen and oxygen atoms in total. The maximum absolute atomic E-state index is 10.4. The summed E-state index contributed by atoms with van der Waals surface area (Å²) in [4.78, 5) is 10.4. The predicted molar refractivity (Wildman–Crippen MR) is 54.2 cm³/mol. The van der Waals surface area contributed by atoms with Gasteiger partial charge in [-0.1, -0.05) is 19.8 Å². The zero-order valence-electron chi connectivity index (χ0n) is 9.03. The molecule has 0 aliphatic heterocycles. The van der Waals surface area contributed by atoms with Crippen LogP contribution in [0.5, 0.6) is 0 Å². The van der Waals surface area contributed by atoms with E-state index in [2.05, 4.69) is 6.92 Å². The van der Waals surface area contributed by atoms with Gasteiger partial charge in [0.05, 0.1) is 18.6 Å². The molecule has 1 aliphatic rings. The lowest BCUT2D eigenvalue weighted by Crippen LogP contribution is -2.26. The van der Waals surface area contributed by atoms with Gasteiger partial charge in [-0.3, -0.25) is 4.79 Å². The van der Waals surface area contributed by atoms with Gasteiger partial charge in [-0.15, -0.1) is 0 Å². The van der Waals surface area contributed by atoms with Crippen molar-refractivity contribution in [1.29, 1.82) is 0 Å². The topological polar surface area (TPSA) is 46.5 Å². The quantitative estimate of drug-likeness (QED) is 0.758. The fourth-order valence-electron chi connectivity index (χ4n) is 2.12. The number of hydrogen-bond donors (Lipinski definition) is 1. The Morgan fingerprint density at radius 3 is 2.86 bits per heavy atom. The lowest BCUT2D eigenvalue weighted by Gasteiger charge is -2.28. The summed E-state index contributed by atoms with van der Waals surface area (Å²) in [6, 6.07) is 0. The minimum absolute atomic E-state index is 0.116. The fraction of sp³-hybridized carbons (Fsp3) is 0.909. The first kappa shape index (κ1) is 11.5. The molecule has 1 fully saturated rings. The van der Waals surface area contributed by atoms with Crippen LogP contribution in [0.3, 0.4) is 0 Å². The van der Waals surface area contributed by atoms with Gasteiger partial charge < -0.3 is 9.84 Å². The molecule has 14 heavy (non-hydrogen) atoms. The molecule has 1 rings (SSSR count). The third-order valence-electron chi connectivity index (χ3n) is 2.78. The summed E-state index contributed by atoms with van der Waals surface area (Å²) in [6.45, 7) is 4.07. The molecular weight excluding hydrogens is 180 g/mol. The largest absolute Gasteiger partial charge is 0.481 e. The van der Waals surface area contributed by atoms with Crippen LogP contribution < -0.4 is 0 Å². The van der Waals surface area contributed by atoms with E-state index in [9.17, 15) is 4.79 Å². The monoisotopic (exact) mass is 200 g/mol. The highest BCUT2D eigenvalue weighted by atomic mass is 16.5. The van der Waals surface area contributed by atoms with Crippen LogP contribution in [0.4, 0.5) is 0 Å². The first-order valence-electron chi connectivity index (χ1n) is 5.45. The van der Waals surface area contributed by atoms with Crippen LogP contribution in [0, 0.1) is 5.92 Å². The predicted octanol–water partition coefficient (Wildman–Crippen LogP) is 2.44. The van der Waals surface area contributed by atoms with E-state index in [1.807, 2.05) is 6.92 Å². The molecular formula is C11H20O3. The summed E-state index contributed by atoms with van der Waals surface area (Å²) >= 11 is 0. The smallest absolute Gasteiger partial charge is 0.305 e. The number of carbonyl (C=O) groups is 1. The molecule has 2 unspecified atom stereocenters. The van der Waals surface area contributed by atoms with E-state index in [0.717, 1.165) is 18.8 Å². The summed E-state index contributed by atoms with van der Waals surface area (Å²) in [6.07, 6.45) is 4.93. The SMILES string of the molecule is CC1CCCC(O[C@H](C)CC(=O)O)C1. The van der Waals surface area contributed by atoms with Crippen LogP contribution >= 0.6 is 0 Å². The molecule has 0 amide bonds. The number of aliphatic carboxylic acids is 1. The van der Waals surface area contributed by atoms with E-state index >= 15 is 0 Å². The van der Waals surface area contributed by atoms with Gasteiger partial charge in [-0.05, 0) is 25.7 Å². The number of ether oxygens (including phenoxy) is 1. The number of rotatable bonds is 4. The molecule has 1 saturated carbocycles. The molecule has 1 aliphatic carbocycles. The van der Waals surface area contributed by atoms with Gasteiger partial charge in [0.1, 0.15) is 0 Å². The minimum Gasteiger partial charge on any atom is -0.481 e. The van der Waals surface area contributed by atoms with Gasteiger partial charge in [-0.25, -0.2) is 0 Å². The van der Waals surface area contributed by atoms with E-state index < -0.39 is 5.97 Å². The standard InChI is InChI=1S/C11H20O3/c1-8-4-3-5-10(6-8)14-9(2)7-11(12)13/h8-10H,3-7H2,1-2H3,(H,12,13)/t8?,9-,10?/m1/s1. The summed E-state index contributed by atoms with van der Waals surface area (Å²) in [5, 5.41) is 8.59. The highest BCUT2D eigenvalue weighted by molar-refractivity contribution is 5.67. The number of hydrogen-bond acceptors (Lipinski definition) is 2. The first-order valence-corrected chi connectivity index (χ1v) is 5.45. The molecule has 3 heteroatoms. The maximum Gasteiger partial charge on any atom is 0.305 e. The molecule has 0 heterocycles. The highest BCUT2D eigenvalue weighted by Crippen LogP contribution is 2.26. The Morgan fingerprint density at radius 2 is 2.29 bits per heavy atom. The Balaban J connectivity index is 2.25. The van der Waals surface area contributed by atoms with E-state index in [0.29, 0.717) is 0 Å². The van der Waals surface area contributed by atoms with Crippen molar-refractivity contribution in [2.75, 3.05) is 0 Å². The van der Waals surface area contributed by atoms with Gasteiger partial charge in [0, 0.05) is 0 Å². The summed E-state index contributed by atoms with van der Waals surface area (Å²) in [7, 11) is 0. The van der Waals surface area contributed by atoms with Crippen LogP contribution in [0.1, 0.15) is 46.0 Å². The lowest BCUT2D eigenvalue weighted by molar-refractivity contribution is -0.141. The van der Waals surface area contributed by atoms with Gasteiger partial charge in [0.25, 0.3) is 0 Å². The van der Waals surface area contributed by atoms with Gasteiger partial charge in [0.15, 0.2) is 0 Å². The summed E-state index contributed by atoms with van der Waals surface area (Å²) < 4.78 is 5.69. The van der Waals surface area contributed by atoms with Crippen molar-refractivity contribution in [2.24, 2.45) is 5.92 Å². The second-order valence-electron chi connectivity index (χ2n) is 4.44. The fourth-order valence-corrected chi connectivity index (χ4v) is 2.12. The maximum atomic E-state index is 10.4. The number of carboxylic acid groups (broad SMARTS) is 1. The minimum atomic E-state index is -0.777. The van der Waals surface area contributed by atoms with Gasteiger partial charge in [0.2, 0.25) is 0 Å². The summed E-state index contributed by atoms with van der Waals surface area (Å²) in [5.74, 6) is -0.0489. The van der Waals surface area contributed by atoms with Crippen molar-refractivity contribution in [3.63, 3.8) is 0 Å². The van der Waals surface area contributed by atoms with Crippen molar-refractivity contribution in [2.45, 2.75) is 58.2 Å². The van der Waals surface area contributed by atoms with E-state index in [4.69, 9.17) is 9.84 Å². The van der Waals surface area contributed by atoms with Crippen molar-refractivity contribution >= 4 is 5.97 Å². The second kappa shape index (κ2) is 5.35. The Morgan fingerprint density at radius 1 is 1.57 bits per heavy atom. The molecule has 0 aromatic heterocycles. The molecule has 0 radical (unpaired) electrons. The van der Waals surface area contributed by atoms with Gasteiger partial charge in [-0.2, -0.15) is 0 Å². The zero-order chi connectivity index (χ0) is 10.6. The average Bonchev–Trinajstić information content (AvgIpc) is 2.01. The lowest BCUT2D eigenvalue weighted by atomic mass is 9.88. The van der Waals surface area contributed by atoms with Crippen LogP contribution in [0.25, 0.3) is 0 Å². The first-order chi connectivity index (χ1) is 6.58. The van der Waals surface area contributed by atoms with Crippen LogP contribution in [-0.4, -0.2) is 23.3 Å². The molecule has 0 aromatic carbocycles. The van der Waals surface area contributed by atoms with Crippen molar-refractivity contribution < 1.29 is 14.6 Å². The third-order valence-corrected chi connectivity index (χ3v) is 2.78. The molecule has 82 valence electrons. The number of carboxylic acids is 1. The van der Waals surface area contributed by atoms with Crippen LogP contribution in [-0.2, 0) is 9.53 Å². The Bertz CT molecular complexity index is 191. The summed E-state index contributed by atoms with van der Waals surface area (Å²) in [5.41, 5.74) is 0. The normalized spacial score (nSPS) is 29.9. The zero-order valence-corrected chi connectivity index (χ0v) is 9.03. The molecule has 0 bridgehead atoms. The van der Waals surface area contributed by atoms with Crippen LogP contribution in [0.15, 0.2) is 0 Å². The Kier molecular flexibility index (Phi) is 4.39. The third kappa shape index (κ3) is 4.09. The molecule has 0 saturated heterocycles. The molecule has 1 N–H and O–H groups in total. The highest BCUT2D eigenvalue weighted by Gasteiger charge is 2.21.